The number of hydrogen-bond donors (Lipinski definition) is 2. The van der Waals surface area contributed by atoms with Gasteiger partial charge in [-0.15, -0.1) is 11.3 Å². The van der Waals surface area contributed by atoms with E-state index in [1.807, 2.05) is 19.1 Å². The van der Waals surface area contributed by atoms with Crippen molar-refractivity contribution in [1.29, 1.82) is 0 Å². The normalized spacial score (nSPS) is 12.6. The summed E-state index contributed by atoms with van der Waals surface area (Å²) in [5.74, 6) is -0.781. The van der Waals surface area contributed by atoms with Crippen molar-refractivity contribution in [3.05, 3.63) is 29.6 Å². The predicted molar refractivity (Wildman–Crippen MR) is 67.2 cm³/mol. The molecule has 1 unspecified atom stereocenters. The molecule has 0 radical (unpaired) electrons. The molecule has 0 amide bonds. The summed E-state index contributed by atoms with van der Waals surface area (Å²) in [6.45, 7) is 1.87. The van der Waals surface area contributed by atoms with Crippen LogP contribution in [0, 0.1) is 0 Å². The largest absolute Gasteiger partial charge is 0.481 e. The van der Waals surface area contributed by atoms with Gasteiger partial charge in [-0.3, -0.25) is 4.79 Å². The average Bonchev–Trinajstić information content (AvgIpc) is 2.63. The summed E-state index contributed by atoms with van der Waals surface area (Å²) in [5.41, 5.74) is 0.972. The number of rotatable bonds is 4. The van der Waals surface area contributed by atoms with E-state index in [-0.39, 0.29) is 12.5 Å². The minimum Gasteiger partial charge on any atom is -0.481 e. The molecule has 0 bridgehead atoms. The van der Waals surface area contributed by atoms with Gasteiger partial charge >= 0.3 is 5.97 Å². The number of anilines is 1. The van der Waals surface area contributed by atoms with Crippen LogP contribution >= 0.6 is 11.3 Å². The molecule has 2 rings (SSSR count). The van der Waals surface area contributed by atoms with Crippen molar-refractivity contribution in [2.45, 2.75) is 19.4 Å². The minimum atomic E-state index is -0.781. The third-order valence-corrected chi connectivity index (χ3v) is 3.24. The minimum absolute atomic E-state index is 0.0615. The molecule has 0 fully saturated rings. The Hall–Kier alpha value is -1.55. The lowest BCUT2D eigenvalue weighted by Gasteiger charge is -2.12. The van der Waals surface area contributed by atoms with E-state index in [1.54, 1.807) is 11.3 Å². The average molecular weight is 235 g/mol. The molecule has 1 aromatic heterocycles. The summed E-state index contributed by atoms with van der Waals surface area (Å²) in [6, 6.07) is 8.08. The first-order valence-corrected chi connectivity index (χ1v) is 5.99. The third-order valence-electron chi connectivity index (χ3n) is 2.35. The summed E-state index contributed by atoms with van der Waals surface area (Å²) in [4.78, 5) is 10.5. The van der Waals surface area contributed by atoms with Crippen molar-refractivity contribution in [2.24, 2.45) is 0 Å². The van der Waals surface area contributed by atoms with Gasteiger partial charge in [0.2, 0.25) is 0 Å². The van der Waals surface area contributed by atoms with Gasteiger partial charge in [-0.05, 0) is 42.0 Å². The molecule has 0 aliphatic heterocycles. The van der Waals surface area contributed by atoms with Gasteiger partial charge in [0, 0.05) is 16.4 Å². The van der Waals surface area contributed by atoms with E-state index in [1.165, 1.54) is 10.1 Å². The summed E-state index contributed by atoms with van der Waals surface area (Å²) in [7, 11) is 0. The van der Waals surface area contributed by atoms with Crippen LogP contribution in [0.5, 0.6) is 0 Å². The number of benzene rings is 1. The Bertz CT molecular complexity index is 506. The zero-order chi connectivity index (χ0) is 11.5. The van der Waals surface area contributed by atoms with Gasteiger partial charge in [0.15, 0.2) is 0 Å². The molecule has 4 heteroatoms. The van der Waals surface area contributed by atoms with Crippen molar-refractivity contribution in [3.63, 3.8) is 0 Å². The maximum absolute atomic E-state index is 10.5. The van der Waals surface area contributed by atoms with E-state index >= 15 is 0 Å². The molecule has 0 aliphatic carbocycles. The van der Waals surface area contributed by atoms with Crippen molar-refractivity contribution < 1.29 is 9.90 Å². The molecule has 2 aromatic rings. The maximum atomic E-state index is 10.5. The second-order valence-electron chi connectivity index (χ2n) is 3.82. The number of carbonyl (C=O) groups is 1. The molecule has 2 N–H and O–H groups in total. The molecule has 0 aliphatic rings. The molecule has 0 saturated heterocycles. The molecule has 1 heterocycles. The highest BCUT2D eigenvalue weighted by atomic mass is 32.1. The van der Waals surface area contributed by atoms with Gasteiger partial charge in [-0.25, -0.2) is 0 Å². The van der Waals surface area contributed by atoms with Crippen LogP contribution < -0.4 is 5.32 Å². The van der Waals surface area contributed by atoms with Crippen molar-refractivity contribution in [1.82, 2.24) is 0 Å². The van der Waals surface area contributed by atoms with Gasteiger partial charge in [-0.1, -0.05) is 0 Å². The Morgan fingerprint density at radius 1 is 1.50 bits per heavy atom. The molecule has 1 aromatic carbocycles. The number of fused-ring (bicyclic) bond motifs is 1. The second kappa shape index (κ2) is 4.53. The molecule has 16 heavy (non-hydrogen) atoms. The fourth-order valence-electron chi connectivity index (χ4n) is 1.65. The summed E-state index contributed by atoms with van der Waals surface area (Å²) in [6.07, 6.45) is 0.127. The lowest BCUT2D eigenvalue weighted by molar-refractivity contribution is -0.137. The molecular weight excluding hydrogens is 222 g/mol. The van der Waals surface area contributed by atoms with Crippen LogP contribution in [-0.2, 0) is 4.79 Å². The van der Waals surface area contributed by atoms with Crippen LogP contribution in [0.2, 0.25) is 0 Å². The molecular formula is C12H13NO2S. The zero-order valence-corrected chi connectivity index (χ0v) is 9.75. The quantitative estimate of drug-likeness (QED) is 0.855. The molecule has 0 spiro atoms. The molecule has 84 valence electrons. The SMILES string of the molecule is CC(CC(=O)O)Nc1ccc2sccc2c1. The number of aliphatic carboxylic acids is 1. The van der Waals surface area contributed by atoms with Crippen molar-refractivity contribution in [3.8, 4) is 0 Å². The van der Waals surface area contributed by atoms with Crippen LogP contribution in [-0.4, -0.2) is 17.1 Å². The van der Waals surface area contributed by atoms with E-state index in [0.717, 1.165) is 5.69 Å². The predicted octanol–water partition coefficient (Wildman–Crippen LogP) is 3.18. The highest BCUT2D eigenvalue weighted by Gasteiger charge is 2.07. The molecule has 1 atom stereocenters. The maximum Gasteiger partial charge on any atom is 0.305 e. The Kier molecular flexibility index (Phi) is 3.10. The lowest BCUT2D eigenvalue weighted by atomic mass is 10.2. The monoisotopic (exact) mass is 235 g/mol. The number of hydrogen-bond acceptors (Lipinski definition) is 3. The topological polar surface area (TPSA) is 49.3 Å². The molecule has 0 saturated carbocycles. The number of thiophene rings is 1. The van der Waals surface area contributed by atoms with E-state index in [4.69, 9.17) is 5.11 Å². The van der Waals surface area contributed by atoms with E-state index in [0.29, 0.717) is 0 Å². The first kappa shape index (κ1) is 11.0. The second-order valence-corrected chi connectivity index (χ2v) is 4.76. The lowest BCUT2D eigenvalue weighted by Crippen LogP contribution is -2.19. The summed E-state index contributed by atoms with van der Waals surface area (Å²) >= 11 is 1.70. The summed E-state index contributed by atoms with van der Waals surface area (Å²) in [5, 5.41) is 15.1. The standard InChI is InChI=1S/C12H13NO2S/c1-8(6-12(14)15)13-10-2-3-11-9(7-10)4-5-16-11/h2-5,7-8,13H,6H2,1H3,(H,14,15). The Morgan fingerprint density at radius 2 is 2.31 bits per heavy atom. The van der Waals surface area contributed by atoms with Gasteiger partial charge in [0.05, 0.1) is 6.42 Å². The van der Waals surface area contributed by atoms with Gasteiger partial charge in [0.25, 0.3) is 0 Å². The van der Waals surface area contributed by atoms with Crippen LogP contribution in [0.15, 0.2) is 29.6 Å². The first-order chi connectivity index (χ1) is 7.65. The van der Waals surface area contributed by atoms with Gasteiger partial charge in [0.1, 0.15) is 0 Å². The van der Waals surface area contributed by atoms with E-state index in [9.17, 15) is 4.79 Å². The first-order valence-electron chi connectivity index (χ1n) is 5.11. The fourth-order valence-corrected chi connectivity index (χ4v) is 2.42. The molecule has 3 nitrogen and oxygen atoms in total. The Balaban J connectivity index is 2.11. The van der Waals surface area contributed by atoms with Crippen molar-refractivity contribution >= 4 is 33.1 Å². The number of carboxylic acids is 1. The van der Waals surface area contributed by atoms with Gasteiger partial charge < -0.3 is 10.4 Å². The van der Waals surface area contributed by atoms with E-state index < -0.39 is 5.97 Å². The van der Waals surface area contributed by atoms with Crippen LogP contribution in [0.3, 0.4) is 0 Å². The van der Waals surface area contributed by atoms with Gasteiger partial charge in [-0.2, -0.15) is 0 Å². The van der Waals surface area contributed by atoms with Crippen molar-refractivity contribution in [2.75, 3.05) is 5.32 Å². The van der Waals surface area contributed by atoms with Crippen LogP contribution in [0.4, 0.5) is 5.69 Å². The summed E-state index contributed by atoms with van der Waals surface area (Å²) < 4.78 is 1.25. The number of nitrogens with one attached hydrogen (secondary N) is 1. The smallest absolute Gasteiger partial charge is 0.305 e. The van der Waals surface area contributed by atoms with Crippen LogP contribution in [0.25, 0.3) is 10.1 Å². The fraction of sp³-hybridized carbons (Fsp3) is 0.250. The highest BCUT2D eigenvalue weighted by Crippen LogP contribution is 2.24. The Morgan fingerprint density at radius 3 is 3.06 bits per heavy atom. The Labute approximate surface area is 97.7 Å². The van der Waals surface area contributed by atoms with E-state index in [2.05, 4.69) is 22.8 Å². The van der Waals surface area contributed by atoms with Crippen LogP contribution in [0.1, 0.15) is 13.3 Å². The highest BCUT2D eigenvalue weighted by molar-refractivity contribution is 7.17. The number of carboxylic acid groups (broad SMARTS) is 1. The third kappa shape index (κ3) is 2.52. The zero-order valence-electron chi connectivity index (χ0n) is 8.93.